The summed E-state index contributed by atoms with van der Waals surface area (Å²) < 4.78 is 0. The third kappa shape index (κ3) is 5.03. The van der Waals surface area contributed by atoms with Gasteiger partial charge in [-0.15, -0.1) is 0 Å². The molecule has 0 saturated heterocycles. The van der Waals surface area contributed by atoms with E-state index >= 15 is 0 Å². The predicted octanol–water partition coefficient (Wildman–Crippen LogP) is 11.1. The first-order valence-corrected chi connectivity index (χ1v) is 15.5. The molecule has 2 aromatic rings. The van der Waals surface area contributed by atoms with E-state index in [1.54, 1.807) is 11.1 Å². The summed E-state index contributed by atoms with van der Waals surface area (Å²) in [5.74, 6) is 0.621. The van der Waals surface area contributed by atoms with Crippen LogP contribution in [0, 0.1) is 12.8 Å². The first-order chi connectivity index (χ1) is 19.7. The number of benzene rings is 2. The fourth-order valence-electron chi connectivity index (χ4n) is 7.76. The van der Waals surface area contributed by atoms with Gasteiger partial charge in [0.1, 0.15) is 0 Å². The molecule has 0 radical (unpaired) electrons. The molecule has 2 aromatic carbocycles. The molecule has 0 nitrogen and oxygen atoms in total. The van der Waals surface area contributed by atoms with Gasteiger partial charge >= 0.3 is 0 Å². The molecule has 0 amide bonds. The van der Waals surface area contributed by atoms with E-state index in [-0.39, 0.29) is 0 Å². The van der Waals surface area contributed by atoms with Gasteiger partial charge in [0.05, 0.1) is 0 Å². The first kappa shape index (κ1) is 27.5. The van der Waals surface area contributed by atoms with Gasteiger partial charge in [-0.1, -0.05) is 104 Å². The van der Waals surface area contributed by atoms with Crippen molar-refractivity contribution < 1.29 is 0 Å². The highest BCUT2D eigenvalue weighted by Crippen LogP contribution is 2.55. The molecule has 41 heavy (non-hydrogen) atoms. The van der Waals surface area contributed by atoms with E-state index in [1.165, 1.54) is 86.1 Å². The zero-order valence-corrected chi connectivity index (χ0v) is 25.5. The van der Waals surface area contributed by atoms with Crippen LogP contribution in [0.4, 0.5) is 0 Å². The highest BCUT2D eigenvalue weighted by atomic mass is 14.4. The molecule has 0 heteroatoms. The second-order valence-corrected chi connectivity index (χ2v) is 12.8. The maximum atomic E-state index is 4.78. The van der Waals surface area contributed by atoms with Crippen LogP contribution in [0.3, 0.4) is 0 Å². The summed E-state index contributed by atoms with van der Waals surface area (Å²) >= 11 is 0. The van der Waals surface area contributed by atoms with Crippen LogP contribution in [0.2, 0.25) is 0 Å². The fraction of sp³-hybridized carbons (Fsp3) is 0.317. The summed E-state index contributed by atoms with van der Waals surface area (Å²) in [5, 5.41) is 0. The summed E-state index contributed by atoms with van der Waals surface area (Å²) in [6.07, 6.45) is 17.4. The molecule has 2 atom stereocenters. The molecule has 4 aliphatic rings. The van der Waals surface area contributed by atoms with Crippen LogP contribution in [-0.4, -0.2) is 0 Å². The highest BCUT2D eigenvalue weighted by Gasteiger charge is 2.41. The Hall–Kier alpha value is -3.64. The van der Waals surface area contributed by atoms with E-state index < -0.39 is 0 Å². The smallest absolute Gasteiger partial charge is 0.0201 e. The Morgan fingerprint density at radius 3 is 2.54 bits per heavy atom. The lowest BCUT2D eigenvalue weighted by atomic mass is 9.69. The first-order valence-electron chi connectivity index (χ1n) is 15.5. The van der Waals surface area contributed by atoms with E-state index in [4.69, 9.17) is 6.58 Å². The minimum Gasteiger partial charge on any atom is -0.0955 e. The van der Waals surface area contributed by atoms with Crippen molar-refractivity contribution in [1.29, 1.82) is 0 Å². The van der Waals surface area contributed by atoms with Gasteiger partial charge in [-0.3, -0.25) is 0 Å². The van der Waals surface area contributed by atoms with Crippen LogP contribution in [0.25, 0.3) is 11.1 Å². The van der Waals surface area contributed by atoms with Crippen molar-refractivity contribution >= 4 is 11.1 Å². The second kappa shape index (κ2) is 11.0. The standard InChI is InChI=1S/C41H44/c1-8-10-27(5)39-28(6)19-37-23-36(29(7)40(37)41(39)35-18-17-31-11-9-12-32(31)22-35)21-30-14-16-33(20-30)34-15-13-26(4)38(24-34)25(2)3/h13-19,21-22,24,40-41H,2,5,7-12,20,23H2,1,3-4,6H3/b36-21+. The molecule has 0 N–H and O–H groups in total. The molecule has 0 aromatic heterocycles. The molecule has 0 aliphatic heterocycles. The number of hydrogen-bond donors (Lipinski definition) is 0. The molecule has 1 saturated carbocycles. The van der Waals surface area contributed by atoms with Gasteiger partial charge in [0.2, 0.25) is 0 Å². The van der Waals surface area contributed by atoms with Crippen LogP contribution < -0.4 is 0 Å². The van der Waals surface area contributed by atoms with Crippen molar-refractivity contribution in [1.82, 2.24) is 0 Å². The van der Waals surface area contributed by atoms with Gasteiger partial charge in [0, 0.05) is 11.8 Å². The van der Waals surface area contributed by atoms with Gasteiger partial charge in [0.25, 0.3) is 0 Å². The zero-order valence-electron chi connectivity index (χ0n) is 25.5. The molecule has 0 heterocycles. The number of aryl methyl sites for hydroxylation is 3. The Kier molecular flexibility index (Phi) is 7.37. The van der Waals surface area contributed by atoms with Crippen LogP contribution in [0.15, 0.2) is 119 Å². The zero-order chi connectivity index (χ0) is 28.8. The lowest BCUT2D eigenvalue weighted by Crippen LogP contribution is -2.21. The third-order valence-electron chi connectivity index (χ3n) is 9.79. The number of rotatable bonds is 7. The van der Waals surface area contributed by atoms with Crippen LogP contribution >= 0.6 is 0 Å². The predicted molar refractivity (Wildman–Crippen MR) is 178 cm³/mol. The van der Waals surface area contributed by atoms with E-state index in [0.717, 1.165) is 31.3 Å². The monoisotopic (exact) mass is 536 g/mol. The quantitative estimate of drug-likeness (QED) is 0.330. The molecule has 1 fully saturated rings. The molecule has 6 rings (SSSR count). The topological polar surface area (TPSA) is 0 Å². The van der Waals surface area contributed by atoms with E-state index in [1.807, 2.05) is 0 Å². The van der Waals surface area contributed by atoms with Crippen LogP contribution in [-0.2, 0) is 12.8 Å². The summed E-state index contributed by atoms with van der Waals surface area (Å²) in [6, 6.07) is 14.1. The average Bonchev–Trinajstić information content (AvgIpc) is 3.67. The molecular formula is C41H44. The Bertz CT molecular complexity index is 1640. The van der Waals surface area contributed by atoms with Crippen molar-refractivity contribution in [3.63, 3.8) is 0 Å². The number of allylic oxidation sites excluding steroid dienone is 13. The molecule has 0 bridgehead atoms. The van der Waals surface area contributed by atoms with Gasteiger partial charge in [0.15, 0.2) is 0 Å². The van der Waals surface area contributed by atoms with Crippen LogP contribution in [0.5, 0.6) is 0 Å². The molecule has 2 unspecified atom stereocenters. The highest BCUT2D eigenvalue weighted by molar-refractivity contribution is 5.77. The maximum Gasteiger partial charge on any atom is 0.0201 e. The van der Waals surface area contributed by atoms with Gasteiger partial charge < -0.3 is 0 Å². The maximum absolute atomic E-state index is 4.78. The number of fused-ring (bicyclic) bond motifs is 2. The second-order valence-electron chi connectivity index (χ2n) is 12.8. The van der Waals surface area contributed by atoms with Crippen molar-refractivity contribution in [3.05, 3.63) is 153 Å². The third-order valence-corrected chi connectivity index (χ3v) is 9.79. The van der Waals surface area contributed by atoms with Crippen molar-refractivity contribution in [3.8, 4) is 0 Å². The summed E-state index contributed by atoms with van der Waals surface area (Å²) in [6.45, 7) is 22.4. The molecule has 4 aliphatic carbocycles. The fourth-order valence-corrected chi connectivity index (χ4v) is 7.76. The van der Waals surface area contributed by atoms with E-state index in [9.17, 15) is 0 Å². The van der Waals surface area contributed by atoms with E-state index in [0.29, 0.717) is 11.8 Å². The largest absolute Gasteiger partial charge is 0.0955 e. The van der Waals surface area contributed by atoms with Crippen molar-refractivity contribution in [2.45, 2.75) is 78.6 Å². The van der Waals surface area contributed by atoms with E-state index in [2.05, 4.69) is 102 Å². The van der Waals surface area contributed by atoms with Gasteiger partial charge in [-0.2, -0.15) is 0 Å². The SMILES string of the molecule is C=C(CCC)C1=C(C)C=C2C/C(=C\C3=CC=C(c4ccc(C)c(C(=C)C)c4)C3)C(=C)C2C1c1ccc2c(c1)CCC2. The van der Waals surface area contributed by atoms with Crippen molar-refractivity contribution in [2.24, 2.45) is 5.92 Å². The lowest BCUT2D eigenvalue weighted by Gasteiger charge is -2.35. The minimum atomic E-state index is 0.303. The van der Waals surface area contributed by atoms with Crippen LogP contribution in [0.1, 0.15) is 92.2 Å². The molecule has 208 valence electrons. The van der Waals surface area contributed by atoms with Crippen molar-refractivity contribution in [2.75, 3.05) is 0 Å². The summed E-state index contributed by atoms with van der Waals surface area (Å²) in [5.41, 5.74) is 20.6. The minimum absolute atomic E-state index is 0.303. The molecule has 0 spiro atoms. The number of hydrogen-bond acceptors (Lipinski definition) is 0. The molecular weight excluding hydrogens is 492 g/mol. The Balaban J connectivity index is 1.30. The average molecular weight is 537 g/mol. The Morgan fingerprint density at radius 1 is 0.951 bits per heavy atom. The Morgan fingerprint density at radius 2 is 1.76 bits per heavy atom. The Labute approximate surface area is 248 Å². The normalized spacial score (nSPS) is 22.5. The lowest BCUT2D eigenvalue weighted by molar-refractivity contribution is 0.618. The summed E-state index contributed by atoms with van der Waals surface area (Å²) in [7, 11) is 0. The van der Waals surface area contributed by atoms with Gasteiger partial charge in [-0.05, 0) is 132 Å². The van der Waals surface area contributed by atoms with Gasteiger partial charge in [-0.25, -0.2) is 0 Å². The summed E-state index contributed by atoms with van der Waals surface area (Å²) in [4.78, 5) is 0.